The molecular weight excluding hydrogens is 341 g/mol. The third-order valence-corrected chi connectivity index (χ3v) is 3.86. The number of phenols is 1. The summed E-state index contributed by atoms with van der Waals surface area (Å²) in [6.07, 6.45) is 0. The van der Waals surface area contributed by atoms with E-state index in [2.05, 4.69) is 5.32 Å². The van der Waals surface area contributed by atoms with Gasteiger partial charge in [-0.1, -0.05) is 23.2 Å². The molecule has 0 aliphatic carbocycles. The summed E-state index contributed by atoms with van der Waals surface area (Å²) in [5, 5.41) is 13.1. The van der Waals surface area contributed by atoms with Crippen LogP contribution < -0.4 is 19.5 Å². The molecule has 0 radical (unpaired) electrons. The highest BCUT2D eigenvalue weighted by Gasteiger charge is 2.16. The summed E-state index contributed by atoms with van der Waals surface area (Å²) in [4.78, 5) is 0. The molecule has 0 saturated carbocycles. The number of hydrogen-bond acceptors (Lipinski definition) is 5. The Morgan fingerprint density at radius 3 is 2.09 bits per heavy atom. The van der Waals surface area contributed by atoms with Crippen molar-refractivity contribution >= 4 is 28.9 Å². The van der Waals surface area contributed by atoms with Crippen molar-refractivity contribution in [3.63, 3.8) is 0 Å². The summed E-state index contributed by atoms with van der Waals surface area (Å²) in [6.45, 7) is 0.445. The van der Waals surface area contributed by atoms with Gasteiger partial charge in [0.1, 0.15) is 0 Å². The van der Waals surface area contributed by atoms with Crippen LogP contribution in [0.5, 0.6) is 23.0 Å². The Bertz CT molecular complexity index is 684. The van der Waals surface area contributed by atoms with Gasteiger partial charge in [-0.15, -0.1) is 0 Å². The first-order valence-electron chi connectivity index (χ1n) is 6.71. The quantitative estimate of drug-likeness (QED) is 0.753. The smallest absolute Gasteiger partial charge is 0.203 e. The zero-order chi connectivity index (χ0) is 17.0. The van der Waals surface area contributed by atoms with E-state index in [1.165, 1.54) is 0 Å². The van der Waals surface area contributed by atoms with E-state index >= 15 is 0 Å². The van der Waals surface area contributed by atoms with Crippen LogP contribution in [0.1, 0.15) is 5.56 Å². The summed E-state index contributed by atoms with van der Waals surface area (Å²) >= 11 is 11.8. The number of halogens is 2. The highest BCUT2D eigenvalue weighted by Crippen LogP contribution is 2.40. The molecule has 0 aromatic heterocycles. The maximum Gasteiger partial charge on any atom is 0.203 e. The number of methoxy groups -OCH3 is 3. The van der Waals surface area contributed by atoms with Crippen LogP contribution in [0, 0.1) is 0 Å². The van der Waals surface area contributed by atoms with E-state index in [0.717, 1.165) is 5.56 Å². The first-order valence-corrected chi connectivity index (χ1v) is 7.47. The van der Waals surface area contributed by atoms with Crippen LogP contribution in [0.3, 0.4) is 0 Å². The number of rotatable bonds is 6. The minimum Gasteiger partial charge on any atom is -0.505 e. The van der Waals surface area contributed by atoms with Crippen LogP contribution in [0.4, 0.5) is 5.69 Å². The summed E-state index contributed by atoms with van der Waals surface area (Å²) in [5.74, 6) is 1.55. The van der Waals surface area contributed by atoms with Crippen molar-refractivity contribution in [2.24, 2.45) is 0 Å². The largest absolute Gasteiger partial charge is 0.505 e. The maximum atomic E-state index is 9.58. The van der Waals surface area contributed by atoms with Gasteiger partial charge in [0.25, 0.3) is 0 Å². The van der Waals surface area contributed by atoms with Crippen LogP contribution in [0.15, 0.2) is 24.3 Å². The van der Waals surface area contributed by atoms with E-state index < -0.39 is 0 Å². The highest BCUT2D eigenvalue weighted by atomic mass is 35.5. The van der Waals surface area contributed by atoms with Gasteiger partial charge in [-0.3, -0.25) is 0 Å². The molecule has 0 heterocycles. The minimum atomic E-state index is -0.136. The number of hydrogen-bond donors (Lipinski definition) is 2. The first-order chi connectivity index (χ1) is 11.0. The van der Waals surface area contributed by atoms with Crippen LogP contribution in [-0.4, -0.2) is 26.4 Å². The zero-order valence-electron chi connectivity index (χ0n) is 12.9. The fourth-order valence-electron chi connectivity index (χ4n) is 2.17. The number of benzene rings is 2. The van der Waals surface area contributed by atoms with E-state index in [0.29, 0.717) is 29.5 Å². The summed E-state index contributed by atoms with van der Waals surface area (Å²) in [7, 11) is 4.68. The lowest BCUT2D eigenvalue weighted by Crippen LogP contribution is -2.04. The lowest BCUT2D eigenvalue weighted by atomic mass is 10.1. The molecule has 0 fully saturated rings. The van der Waals surface area contributed by atoms with Crippen LogP contribution in [-0.2, 0) is 6.54 Å². The Morgan fingerprint density at radius 2 is 1.57 bits per heavy atom. The topological polar surface area (TPSA) is 60.0 Å². The number of anilines is 1. The molecule has 0 bridgehead atoms. The highest BCUT2D eigenvalue weighted by molar-refractivity contribution is 6.37. The second-order valence-electron chi connectivity index (χ2n) is 4.64. The Morgan fingerprint density at radius 1 is 0.957 bits per heavy atom. The normalized spacial score (nSPS) is 10.3. The SMILES string of the molecule is COc1ccc(CNc2cc(Cl)c(O)c(Cl)c2)c(OC)c1OC. The van der Waals surface area contributed by atoms with E-state index in [9.17, 15) is 5.11 Å². The van der Waals surface area contributed by atoms with Gasteiger partial charge in [-0.05, 0) is 24.3 Å². The monoisotopic (exact) mass is 357 g/mol. The summed E-state index contributed by atoms with van der Waals surface area (Å²) in [5.41, 5.74) is 1.54. The van der Waals surface area contributed by atoms with E-state index in [1.807, 2.05) is 6.07 Å². The predicted octanol–water partition coefficient (Wildman–Crippen LogP) is 4.34. The fourth-order valence-corrected chi connectivity index (χ4v) is 2.65. The maximum absolute atomic E-state index is 9.58. The van der Waals surface area contributed by atoms with Crippen molar-refractivity contribution in [2.75, 3.05) is 26.6 Å². The number of ether oxygens (including phenoxy) is 3. The molecule has 2 N–H and O–H groups in total. The molecule has 0 atom stereocenters. The fraction of sp³-hybridized carbons (Fsp3) is 0.250. The second kappa shape index (κ2) is 7.53. The molecule has 2 rings (SSSR count). The third kappa shape index (κ3) is 3.68. The Kier molecular flexibility index (Phi) is 5.69. The van der Waals surface area contributed by atoms with Gasteiger partial charge in [-0.25, -0.2) is 0 Å². The number of aromatic hydroxyl groups is 1. The van der Waals surface area contributed by atoms with Gasteiger partial charge < -0.3 is 24.6 Å². The minimum absolute atomic E-state index is 0.136. The van der Waals surface area contributed by atoms with Crippen molar-refractivity contribution in [1.29, 1.82) is 0 Å². The molecule has 7 heteroatoms. The molecule has 0 aliphatic heterocycles. The van der Waals surface area contributed by atoms with E-state index in [4.69, 9.17) is 37.4 Å². The standard InChI is InChI=1S/C16H17Cl2NO4/c1-21-13-5-4-9(15(22-2)16(13)23-3)8-19-10-6-11(17)14(20)12(18)7-10/h4-7,19-20H,8H2,1-3H3. The molecular formula is C16H17Cl2NO4. The number of phenolic OH excluding ortho intramolecular Hbond substituents is 1. The lowest BCUT2D eigenvalue weighted by molar-refractivity contribution is 0.322. The Labute approximate surface area is 144 Å². The van der Waals surface area contributed by atoms with Crippen molar-refractivity contribution in [2.45, 2.75) is 6.54 Å². The molecule has 124 valence electrons. The van der Waals surface area contributed by atoms with Gasteiger partial charge in [0, 0.05) is 17.8 Å². The molecule has 0 saturated heterocycles. The van der Waals surface area contributed by atoms with Crippen molar-refractivity contribution in [3.8, 4) is 23.0 Å². The van der Waals surface area contributed by atoms with E-state index in [-0.39, 0.29) is 15.8 Å². The van der Waals surface area contributed by atoms with Gasteiger partial charge in [0.15, 0.2) is 17.2 Å². The molecule has 5 nitrogen and oxygen atoms in total. The zero-order valence-corrected chi connectivity index (χ0v) is 14.5. The third-order valence-electron chi connectivity index (χ3n) is 3.29. The van der Waals surface area contributed by atoms with E-state index in [1.54, 1.807) is 39.5 Å². The predicted molar refractivity (Wildman–Crippen MR) is 91.6 cm³/mol. The molecule has 2 aromatic carbocycles. The molecule has 0 unspecified atom stereocenters. The van der Waals surface area contributed by atoms with Gasteiger partial charge in [-0.2, -0.15) is 0 Å². The van der Waals surface area contributed by atoms with Crippen molar-refractivity contribution in [1.82, 2.24) is 0 Å². The molecule has 2 aromatic rings. The Hall–Kier alpha value is -1.98. The summed E-state index contributed by atoms with van der Waals surface area (Å²) in [6, 6.07) is 6.86. The van der Waals surface area contributed by atoms with Gasteiger partial charge >= 0.3 is 0 Å². The average Bonchev–Trinajstić information content (AvgIpc) is 2.56. The first kappa shape index (κ1) is 17.4. The van der Waals surface area contributed by atoms with Gasteiger partial charge in [0.05, 0.1) is 31.4 Å². The van der Waals surface area contributed by atoms with Crippen LogP contribution in [0.2, 0.25) is 10.0 Å². The molecule has 0 spiro atoms. The number of nitrogens with one attached hydrogen (secondary N) is 1. The van der Waals surface area contributed by atoms with Crippen LogP contribution in [0.25, 0.3) is 0 Å². The van der Waals surface area contributed by atoms with Crippen molar-refractivity contribution < 1.29 is 19.3 Å². The van der Waals surface area contributed by atoms with Gasteiger partial charge in [0.2, 0.25) is 5.75 Å². The molecule has 0 amide bonds. The molecule has 0 aliphatic rings. The Balaban J connectivity index is 2.27. The van der Waals surface area contributed by atoms with Crippen molar-refractivity contribution in [3.05, 3.63) is 39.9 Å². The lowest BCUT2D eigenvalue weighted by Gasteiger charge is -2.16. The molecule has 23 heavy (non-hydrogen) atoms. The van der Waals surface area contributed by atoms with Crippen LogP contribution >= 0.6 is 23.2 Å². The summed E-state index contributed by atoms with van der Waals surface area (Å²) < 4.78 is 16.0. The second-order valence-corrected chi connectivity index (χ2v) is 5.45. The average molecular weight is 358 g/mol.